The number of anilines is 1. The number of nitrogens with zero attached hydrogens (tertiary/aromatic N) is 2. The predicted octanol–water partition coefficient (Wildman–Crippen LogP) is 3.82. The van der Waals surface area contributed by atoms with Crippen molar-refractivity contribution in [3.63, 3.8) is 0 Å². The summed E-state index contributed by atoms with van der Waals surface area (Å²) in [5, 5.41) is 11.0. The number of amides is 1. The topological polar surface area (TPSA) is 119 Å². The molecular weight excluding hydrogens is 453 g/mol. The molecule has 0 aliphatic heterocycles. The lowest BCUT2D eigenvalue weighted by atomic mass is 10.1. The SMILES string of the molecule is COc1ccc([N+](=O)[O-])cc1NS(=O)(=O)c1ccc(C(=O)N(C)Cc2ccccc2F)cc1. The quantitative estimate of drug-likeness (QED) is 0.392. The fraction of sp³-hybridized carbons (Fsp3) is 0.136. The van der Waals surface area contributed by atoms with E-state index in [1.54, 1.807) is 18.2 Å². The number of nitrogens with one attached hydrogen (secondary N) is 1. The highest BCUT2D eigenvalue weighted by Crippen LogP contribution is 2.31. The van der Waals surface area contributed by atoms with Gasteiger partial charge in [-0.15, -0.1) is 0 Å². The molecule has 33 heavy (non-hydrogen) atoms. The first-order valence-electron chi connectivity index (χ1n) is 9.56. The summed E-state index contributed by atoms with van der Waals surface area (Å²) in [7, 11) is -1.32. The maximum absolute atomic E-state index is 13.8. The molecule has 0 heterocycles. The van der Waals surface area contributed by atoms with Crippen molar-refractivity contribution in [2.45, 2.75) is 11.4 Å². The lowest BCUT2D eigenvalue weighted by Crippen LogP contribution is -2.26. The molecule has 3 aromatic rings. The second-order valence-corrected chi connectivity index (χ2v) is 8.71. The summed E-state index contributed by atoms with van der Waals surface area (Å²) < 4.78 is 46.7. The Balaban J connectivity index is 1.79. The number of ether oxygens (including phenoxy) is 1. The Morgan fingerprint density at radius 1 is 1.12 bits per heavy atom. The van der Waals surface area contributed by atoms with E-state index >= 15 is 0 Å². The summed E-state index contributed by atoms with van der Waals surface area (Å²) in [4.78, 5) is 24.2. The predicted molar refractivity (Wildman–Crippen MR) is 119 cm³/mol. The number of halogens is 1. The van der Waals surface area contributed by atoms with E-state index < -0.39 is 26.7 Å². The molecule has 11 heteroatoms. The van der Waals surface area contributed by atoms with Gasteiger partial charge in [0.2, 0.25) is 0 Å². The van der Waals surface area contributed by atoms with E-state index in [0.717, 1.165) is 6.07 Å². The van der Waals surface area contributed by atoms with Crippen molar-refractivity contribution in [1.29, 1.82) is 0 Å². The molecular formula is C22H20FN3O6S. The van der Waals surface area contributed by atoms with Crippen LogP contribution in [0.1, 0.15) is 15.9 Å². The average Bonchev–Trinajstić information content (AvgIpc) is 2.79. The number of hydrogen-bond donors (Lipinski definition) is 1. The Morgan fingerprint density at radius 2 is 1.79 bits per heavy atom. The van der Waals surface area contributed by atoms with Crippen LogP contribution in [0.4, 0.5) is 15.8 Å². The lowest BCUT2D eigenvalue weighted by Gasteiger charge is -2.18. The normalized spacial score (nSPS) is 11.0. The minimum atomic E-state index is -4.13. The van der Waals surface area contributed by atoms with Crippen LogP contribution in [0.5, 0.6) is 5.75 Å². The number of carbonyl (C=O) groups is 1. The Labute approximate surface area is 189 Å². The van der Waals surface area contributed by atoms with Gasteiger partial charge in [-0.3, -0.25) is 19.6 Å². The van der Waals surface area contributed by atoms with Crippen LogP contribution in [-0.2, 0) is 16.6 Å². The van der Waals surface area contributed by atoms with Crippen molar-refractivity contribution in [2.75, 3.05) is 18.9 Å². The standard InChI is InChI=1S/C22H20FN3O6S/c1-25(14-16-5-3-4-6-19(16)23)22(27)15-7-10-18(11-8-15)33(30,31)24-20-13-17(26(28)29)9-12-21(20)32-2/h3-13,24H,14H2,1-2H3. The van der Waals surface area contributed by atoms with Crippen molar-refractivity contribution in [1.82, 2.24) is 4.90 Å². The first-order chi connectivity index (χ1) is 15.6. The Kier molecular flexibility index (Phi) is 6.92. The third kappa shape index (κ3) is 5.44. The minimum absolute atomic E-state index is 0.0414. The molecule has 0 unspecified atom stereocenters. The number of benzene rings is 3. The van der Waals surface area contributed by atoms with Crippen LogP contribution >= 0.6 is 0 Å². The van der Waals surface area contributed by atoms with Crippen LogP contribution in [-0.4, -0.2) is 38.3 Å². The average molecular weight is 473 g/mol. The van der Waals surface area contributed by atoms with Crippen molar-refractivity contribution in [3.8, 4) is 5.75 Å². The van der Waals surface area contributed by atoms with Crippen LogP contribution in [0, 0.1) is 15.9 Å². The molecule has 9 nitrogen and oxygen atoms in total. The number of rotatable bonds is 8. The molecule has 0 aromatic heterocycles. The Morgan fingerprint density at radius 3 is 2.39 bits per heavy atom. The van der Waals surface area contributed by atoms with Crippen LogP contribution in [0.2, 0.25) is 0 Å². The van der Waals surface area contributed by atoms with Gasteiger partial charge in [0.15, 0.2) is 0 Å². The Hall–Kier alpha value is -3.99. The number of non-ortho nitro benzene ring substituents is 1. The molecule has 0 radical (unpaired) electrons. The van der Waals surface area contributed by atoms with Crippen molar-refractivity contribution >= 4 is 27.3 Å². The van der Waals surface area contributed by atoms with Gasteiger partial charge in [-0.2, -0.15) is 0 Å². The molecule has 3 rings (SSSR count). The van der Waals surface area contributed by atoms with E-state index in [-0.39, 0.29) is 34.1 Å². The van der Waals surface area contributed by atoms with E-state index in [4.69, 9.17) is 4.74 Å². The summed E-state index contributed by atoms with van der Waals surface area (Å²) in [6.07, 6.45) is 0. The van der Waals surface area contributed by atoms with Crippen LogP contribution in [0.25, 0.3) is 0 Å². The number of nitro groups is 1. The van der Waals surface area contributed by atoms with Gasteiger partial charge in [0, 0.05) is 36.9 Å². The molecule has 1 N–H and O–H groups in total. The Bertz CT molecular complexity index is 1300. The van der Waals surface area contributed by atoms with Crippen LogP contribution in [0.15, 0.2) is 71.6 Å². The third-order valence-electron chi connectivity index (χ3n) is 4.76. The number of sulfonamides is 1. The van der Waals surface area contributed by atoms with Crippen molar-refractivity contribution < 1.29 is 27.3 Å². The van der Waals surface area contributed by atoms with Gasteiger partial charge >= 0.3 is 0 Å². The molecule has 0 saturated heterocycles. The highest BCUT2D eigenvalue weighted by Gasteiger charge is 2.20. The highest BCUT2D eigenvalue weighted by molar-refractivity contribution is 7.92. The molecule has 0 aliphatic carbocycles. The van der Waals surface area contributed by atoms with Gasteiger partial charge < -0.3 is 9.64 Å². The summed E-state index contributed by atoms with van der Waals surface area (Å²) in [5.74, 6) is -0.748. The number of methoxy groups -OCH3 is 1. The zero-order valence-corrected chi connectivity index (χ0v) is 18.5. The number of carbonyl (C=O) groups excluding carboxylic acids is 1. The summed E-state index contributed by atoms with van der Waals surface area (Å²) in [6.45, 7) is 0.0414. The number of hydrogen-bond acceptors (Lipinski definition) is 6. The molecule has 0 spiro atoms. The fourth-order valence-corrected chi connectivity index (χ4v) is 4.11. The van der Waals surface area contributed by atoms with E-state index in [1.807, 2.05) is 0 Å². The molecule has 0 aliphatic rings. The van der Waals surface area contributed by atoms with Crippen molar-refractivity contribution in [2.24, 2.45) is 0 Å². The van der Waals surface area contributed by atoms with Gasteiger partial charge in [-0.25, -0.2) is 12.8 Å². The number of nitro benzene ring substituents is 1. The lowest BCUT2D eigenvalue weighted by molar-refractivity contribution is -0.384. The van der Waals surface area contributed by atoms with Crippen LogP contribution in [0.3, 0.4) is 0 Å². The van der Waals surface area contributed by atoms with Gasteiger partial charge in [-0.1, -0.05) is 18.2 Å². The zero-order chi connectivity index (χ0) is 24.2. The molecule has 3 aromatic carbocycles. The summed E-state index contributed by atoms with van der Waals surface area (Å²) in [5.41, 5.74) is 0.146. The smallest absolute Gasteiger partial charge is 0.271 e. The molecule has 0 saturated carbocycles. The zero-order valence-electron chi connectivity index (χ0n) is 17.7. The van der Waals surface area contributed by atoms with Crippen LogP contribution < -0.4 is 9.46 Å². The van der Waals surface area contributed by atoms with Gasteiger partial charge in [0.25, 0.3) is 21.6 Å². The largest absolute Gasteiger partial charge is 0.495 e. The monoisotopic (exact) mass is 473 g/mol. The third-order valence-corrected chi connectivity index (χ3v) is 6.14. The molecule has 0 fully saturated rings. The maximum Gasteiger partial charge on any atom is 0.271 e. The summed E-state index contributed by atoms with van der Waals surface area (Å²) >= 11 is 0. The summed E-state index contributed by atoms with van der Waals surface area (Å²) in [6, 6.07) is 14.7. The molecule has 1 amide bonds. The first kappa shape index (κ1) is 23.7. The second kappa shape index (κ2) is 9.65. The first-order valence-corrected chi connectivity index (χ1v) is 11.0. The van der Waals surface area contributed by atoms with E-state index in [9.17, 15) is 27.7 Å². The minimum Gasteiger partial charge on any atom is -0.495 e. The van der Waals surface area contributed by atoms with Gasteiger partial charge in [-0.05, 0) is 36.4 Å². The molecule has 172 valence electrons. The van der Waals surface area contributed by atoms with E-state index in [0.29, 0.717) is 5.56 Å². The maximum atomic E-state index is 13.8. The van der Waals surface area contributed by atoms with Gasteiger partial charge in [0.1, 0.15) is 11.6 Å². The highest BCUT2D eigenvalue weighted by atomic mass is 32.2. The van der Waals surface area contributed by atoms with Crippen molar-refractivity contribution in [3.05, 3.63) is 93.8 Å². The van der Waals surface area contributed by atoms with Gasteiger partial charge in [0.05, 0.1) is 22.6 Å². The van der Waals surface area contributed by atoms with E-state index in [1.165, 1.54) is 61.5 Å². The fourth-order valence-electron chi connectivity index (χ4n) is 3.04. The molecule has 0 atom stereocenters. The van der Waals surface area contributed by atoms with E-state index in [2.05, 4.69) is 4.72 Å². The molecule has 0 bridgehead atoms. The second-order valence-electron chi connectivity index (χ2n) is 7.02.